The second kappa shape index (κ2) is 5.43. The van der Waals surface area contributed by atoms with Crippen LogP contribution in [0.25, 0.3) is 10.9 Å². The van der Waals surface area contributed by atoms with E-state index in [1.54, 1.807) is 6.20 Å². The van der Waals surface area contributed by atoms with Crippen molar-refractivity contribution in [3.8, 4) is 0 Å². The van der Waals surface area contributed by atoms with Gasteiger partial charge in [-0.2, -0.15) is 0 Å². The highest BCUT2D eigenvalue weighted by Gasteiger charge is 2.07. The monoisotopic (exact) mass is 281 g/mol. The summed E-state index contributed by atoms with van der Waals surface area (Å²) in [7, 11) is 0. The van der Waals surface area contributed by atoms with Crippen LogP contribution in [0.15, 0.2) is 60.8 Å². The van der Waals surface area contributed by atoms with Gasteiger partial charge in [0.15, 0.2) is 5.78 Å². The van der Waals surface area contributed by atoms with Crippen LogP contribution in [-0.2, 0) is 6.42 Å². The van der Waals surface area contributed by atoms with E-state index >= 15 is 0 Å². The van der Waals surface area contributed by atoms with Gasteiger partial charge in [-0.05, 0) is 29.8 Å². The highest BCUT2D eigenvalue weighted by Crippen LogP contribution is 2.19. The number of hydrogen-bond acceptors (Lipinski definition) is 2. The number of ketones is 1. The Balaban J connectivity index is 1.89. The van der Waals surface area contributed by atoms with Gasteiger partial charge in [-0.3, -0.25) is 9.78 Å². The average molecular weight is 282 g/mol. The normalized spacial score (nSPS) is 10.7. The third-order valence-electron chi connectivity index (χ3n) is 3.16. The summed E-state index contributed by atoms with van der Waals surface area (Å²) in [5.74, 6) is 0.0915. The van der Waals surface area contributed by atoms with Crippen molar-refractivity contribution in [1.29, 1.82) is 0 Å². The Kier molecular flexibility index (Phi) is 3.48. The molecule has 0 spiro atoms. The number of nitrogens with zero attached hydrogens (tertiary/aromatic N) is 1. The minimum absolute atomic E-state index is 0.0915. The molecule has 0 radical (unpaired) electrons. The second-order valence-corrected chi connectivity index (χ2v) is 5.08. The first-order valence-electron chi connectivity index (χ1n) is 6.35. The standard InChI is InChI=1S/C17H12ClNO/c18-15-6-7-16-14(10-15)8-12(11-19-16)9-17(20)13-4-2-1-3-5-13/h1-8,10-11H,9H2. The van der Waals surface area contributed by atoms with E-state index in [0.717, 1.165) is 22.0 Å². The van der Waals surface area contributed by atoms with Crippen molar-refractivity contribution >= 4 is 28.3 Å². The van der Waals surface area contributed by atoms with Gasteiger partial charge >= 0.3 is 0 Å². The zero-order chi connectivity index (χ0) is 13.9. The topological polar surface area (TPSA) is 30.0 Å². The van der Waals surface area contributed by atoms with Crippen LogP contribution in [0.5, 0.6) is 0 Å². The molecule has 98 valence electrons. The molecule has 2 aromatic carbocycles. The third kappa shape index (κ3) is 2.70. The molecule has 2 nitrogen and oxygen atoms in total. The molecule has 3 rings (SSSR count). The first kappa shape index (κ1) is 12.8. The van der Waals surface area contributed by atoms with E-state index in [4.69, 9.17) is 11.6 Å². The molecule has 0 saturated heterocycles. The smallest absolute Gasteiger partial charge is 0.167 e. The lowest BCUT2D eigenvalue weighted by Crippen LogP contribution is -2.03. The lowest BCUT2D eigenvalue weighted by atomic mass is 10.0. The maximum atomic E-state index is 12.2. The maximum absolute atomic E-state index is 12.2. The molecule has 1 heterocycles. The van der Waals surface area contributed by atoms with Crippen LogP contribution in [0.4, 0.5) is 0 Å². The highest BCUT2D eigenvalue weighted by atomic mass is 35.5. The van der Waals surface area contributed by atoms with Crippen molar-refractivity contribution in [3.05, 3.63) is 76.9 Å². The Morgan fingerprint density at radius 2 is 1.85 bits per heavy atom. The lowest BCUT2D eigenvalue weighted by molar-refractivity contribution is 0.0993. The quantitative estimate of drug-likeness (QED) is 0.670. The molecule has 0 saturated carbocycles. The minimum Gasteiger partial charge on any atom is -0.294 e. The fourth-order valence-corrected chi connectivity index (χ4v) is 2.34. The summed E-state index contributed by atoms with van der Waals surface area (Å²) in [5, 5.41) is 1.63. The van der Waals surface area contributed by atoms with Crippen molar-refractivity contribution in [2.75, 3.05) is 0 Å². The van der Waals surface area contributed by atoms with Crippen LogP contribution < -0.4 is 0 Å². The Bertz CT molecular complexity index is 768. The van der Waals surface area contributed by atoms with Crippen molar-refractivity contribution in [3.63, 3.8) is 0 Å². The molecular formula is C17H12ClNO. The second-order valence-electron chi connectivity index (χ2n) is 4.65. The summed E-state index contributed by atoms with van der Waals surface area (Å²) in [6, 6.07) is 16.8. The van der Waals surface area contributed by atoms with Crippen LogP contribution in [0, 0.1) is 0 Å². The first-order valence-corrected chi connectivity index (χ1v) is 6.72. The van der Waals surface area contributed by atoms with Gasteiger partial charge in [0.05, 0.1) is 5.52 Å². The van der Waals surface area contributed by atoms with Gasteiger partial charge in [0.1, 0.15) is 0 Å². The summed E-state index contributed by atoms with van der Waals surface area (Å²) in [6.07, 6.45) is 2.09. The first-order chi connectivity index (χ1) is 9.72. The van der Waals surface area contributed by atoms with Gasteiger partial charge < -0.3 is 0 Å². The van der Waals surface area contributed by atoms with Crippen molar-refractivity contribution < 1.29 is 4.79 Å². The third-order valence-corrected chi connectivity index (χ3v) is 3.40. The fourth-order valence-electron chi connectivity index (χ4n) is 2.16. The highest BCUT2D eigenvalue weighted by molar-refractivity contribution is 6.31. The Hall–Kier alpha value is -2.19. The Morgan fingerprint density at radius 1 is 1.05 bits per heavy atom. The van der Waals surface area contributed by atoms with Crippen molar-refractivity contribution in [2.45, 2.75) is 6.42 Å². The summed E-state index contributed by atoms with van der Waals surface area (Å²) in [5.41, 5.74) is 2.50. The van der Waals surface area contributed by atoms with Crippen LogP contribution in [0.2, 0.25) is 5.02 Å². The summed E-state index contributed by atoms with van der Waals surface area (Å²) < 4.78 is 0. The van der Waals surface area contributed by atoms with Gasteiger partial charge in [-0.25, -0.2) is 0 Å². The predicted octanol–water partition coefficient (Wildman–Crippen LogP) is 4.31. The number of fused-ring (bicyclic) bond motifs is 1. The van der Waals surface area contributed by atoms with Gasteiger partial charge in [-0.1, -0.05) is 41.9 Å². The number of benzene rings is 2. The molecular weight excluding hydrogens is 270 g/mol. The number of hydrogen-bond donors (Lipinski definition) is 0. The Morgan fingerprint density at radius 3 is 2.65 bits per heavy atom. The largest absolute Gasteiger partial charge is 0.294 e. The SMILES string of the molecule is O=C(Cc1cnc2ccc(Cl)cc2c1)c1ccccc1. The van der Waals surface area contributed by atoms with E-state index in [1.165, 1.54) is 0 Å². The summed E-state index contributed by atoms with van der Waals surface area (Å²) in [6.45, 7) is 0. The van der Waals surface area contributed by atoms with E-state index in [2.05, 4.69) is 4.98 Å². The summed E-state index contributed by atoms with van der Waals surface area (Å²) >= 11 is 5.98. The molecule has 0 fully saturated rings. The maximum Gasteiger partial charge on any atom is 0.167 e. The van der Waals surface area contributed by atoms with E-state index in [-0.39, 0.29) is 5.78 Å². The molecule has 0 atom stereocenters. The molecule has 3 heteroatoms. The number of halogens is 1. The molecule has 0 amide bonds. The minimum atomic E-state index is 0.0915. The number of rotatable bonds is 3. The van der Waals surface area contributed by atoms with Gasteiger partial charge in [-0.15, -0.1) is 0 Å². The fraction of sp³-hybridized carbons (Fsp3) is 0.0588. The number of Topliss-reactive ketones (excluding diaryl/α,β-unsaturated/α-hetero) is 1. The number of carbonyl (C=O) groups excluding carboxylic acids is 1. The van der Waals surface area contributed by atoms with Crippen LogP contribution in [0.1, 0.15) is 15.9 Å². The molecule has 20 heavy (non-hydrogen) atoms. The predicted molar refractivity (Wildman–Crippen MR) is 81.2 cm³/mol. The van der Waals surface area contributed by atoms with Crippen LogP contribution in [-0.4, -0.2) is 10.8 Å². The van der Waals surface area contributed by atoms with Crippen molar-refractivity contribution in [1.82, 2.24) is 4.98 Å². The van der Waals surface area contributed by atoms with E-state index in [1.807, 2.05) is 54.6 Å². The van der Waals surface area contributed by atoms with Crippen molar-refractivity contribution in [2.24, 2.45) is 0 Å². The zero-order valence-corrected chi connectivity index (χ0v) is 11.5. The molecule has 0 bridgehead atoms. The lowest BCUT2D eigenvalue weighted by Gasteiger charge is -2.03. The average Bonchev–Trinajstić information content (AvgIpc) is 2.47. The number of pyridine rings is 1. The molecule has 3 aromatic rings. The van der Waals surface area contributed by atoms with Gasteiger partial charge in [0.25, 0.3) is 0 Å². The molecule has 0 N–H and O–H groups in total. The zero-order valence-electron chi connectivity index (χ0n) is 10.7. The molecule has 0 aliphatic rings. The molecule has 0 aliphatic heterocycles. The van der Waals surface area contributed by atoms with E-state index in [0.29, 0.717) is 11.4 Å². The molecule has 0 unspecified atom stereocenters. The van der Waals surface area contributed by atoms with Crippen LogP contribution in [0.3, 0.4) is 0 Å². The molecule has 0 aliphatic carbocycles. The van der Waals surface area contributed by atoms with Gasteiger partial charge in [0.2, 0.25) is 0 Å². The van der Waals surface area contributed by atoms with Gasteiger partial charge in [0, 0.05) is 28.6 Å². The molecule has 1 aromatic heterocycles. The Labute approximate surface area is 122 Å². The summed E-state index contributed by atoms with van der Waals surface area (Å²) in [4.78, 5) is 16.5. The van der Waals surface area contributed by atoms with E-state index in [9.17, 15) is 4.79 Å². The number of carbonyl (C=O) groups is 1. The van der Waals surface area contributed by atoms with Crippen LogP contribution >= 0.6 is 11.6 Å². The number of aromatic nitrogens is 1. The van der Waals surface area contributed by atoms with E-state index < -0.39 is 0 Å².